The Hall–Kier alpha value is -2.32. The van der Waals surface area contributed by atoms with Crippen LogP contribution in [0.5, 0.6) is 0 Å². The zero-order valence-electron chi connectivity index (χ0n) is 12.4. The molecular weight excluding hydrogens is 270 g/mol. The first-order valence-electron chi connectivity index (χ1n) is 6.58. The van der Waals surface area contributed by atoms with E-state index >= 15 is 0 Å². The van der Waals surface area contributed by atoms with E-state index in [0.717, 1.165) is 5.56 Å². The number of hydrogen-bond donors (Lipinski definition) is 2. The SMILES string of the molecule is COC(=O)C(C)NC(=O)c1cc(C#CCCO)ccc1C. The summed E-state index contributed by atoms with van der Waals surface area (Å²) in [5.41, 5.74) is 1.93. The minimum Gasteiger partial charge on any atom is -0.467 e. The van der Waals surface area contributed by atoms with Crippen molar-refractivity contribution >= 4 is 11.9 Å². The fourth-order valence-corrected chi connectivity index (χ4v) is 1.67. The van der Waals surface area contributed by atoms with Crippen LogP contribution >= 0.6 is 0 Å². The number of esters is 1. The minimum absolute atomic E-state index is 0.00283. The van der Waals surface area contributed by atoms with E-state index in [2.05, 4.69) is 21.9 Å². The minimum atomic E-state index is -0.717. The molecule has 5 heteroatoms. The predicted molar refractivity (Wildman–Crippen MR) is 78.7 cm³/mol. The van der Waals surface area contributed by atoms with Crippen molar-refractivity contribution in [2.24, 2.45) is 0 Å². The summed E-state index contributed by atoms with van der Waals surface area (Å²) in [6, 6.07) is 4.55. The quantitative estimate of drug-likeness (QED) is 0.641. The molecule has 0 aliphatic carbocycles. The number of hydrogen-bond acceptors (Lipinski definition) is 4. The van der Waals surface area contributed by atoms with Crippen LogP contribution in [0.3, 0.4) is 0 Å². The maximum absolute atomic E-state index is 12.2. The lowest BCUT2D eigenvalue weighted by molar-refractivity contribution is -0.142. The van der Waals surface area contributed by atoms with Gasteiger partial charge in [0, 0.05) is 17.5 Å². The van der Waals surface area contributed by atoms with E-state index in [0.29, 0.717) is 17.5 Å². The Morgan fingerprint density at radius 1 is 1.43 bits per heavy atom. The third-order valence-electron chi connectivity index (χ3n) is 2.85. The van der Waals surface area contributed by atoms with Crippen molar-refractivity contribution in [3.05, 3.63) is 34.9 Å². The lowest BCUT2D eigenvalue weighted by atomic mass is 10.0. The average molecular weight is 289 g/mol. The zero-order chi connectivity index (χ0) is 15.8. The van der Waals surface area contributed by atoms with Crippen LogP contribution in [0.1, 0.15) is 34.8 Å². The standard InChI is InChI=1S/C16H19NO4/c1-11-7-8-13(6-4-5-9-18)10-14(11)15(19)17-12(2)16(20)21-3/h7-8,10,12,18H,5,9H2,1-3H3,(H,17,19). The zero-order valence-corrected chi connectivity index (χ0v) is 12.4. The van der Waals surface area contributed by atoms with Gasteiger partial charge in [0.1, 0.15) is 6.04 Å². The van der Waals surface area contributed by atoms with Crippen LogP contribution in [-0.2, 0) is 9.53 Å². The molecule has 1 unspecified atom stereocenters. The first-order valence-corrected chi connectivity index (χ1v) is 6.58. The molecule has 0 aromatic heterocycles. The number of aryl methyl sites for hydroxylation is 1. The van der Waals surface area contributed by atoms with E-state index in [1.807, 2.05) is 6.92 Å². The molecule has 0 spiro atoms. The monoisotopic (exact) mass is 289 g/mol. The van der Waals surface area contributed by atoms with Gasteiger partial charge in [-0.1, -0.05) is 17.9 Å². The molecule has 0 saturated carbocycles. The van der Waals surface area contributed by atoms with Crippen molar-refractivity contribution in [1.82, 2.24) is 5.32 Å². The van der Waals surface area contributed by atoms with Gasteiger partial charge in [-0.15, -0.1) is 0 Å². The van der Waals surface area contributed by atoms with Crippen LogP contribution < -0.4 is 5.32 Å². The molecule has 1 amide bonds. The van der Waals surface area contributed by atoms with Gasteiger partial charge in [-0.25, -0.2) is 4.79 Å². The highest BCUT2D eigenvalue weighted by atomic mass is 16.5. The highest BCUT2D eigenvalue weighted by molar-refractivity contribution is 5.98. The van der Waals surface area contributed by atoms with Crippen molar-refractivity contribution in [1.29, 1.82) is 0 Å². The summed E-state index contributed by atoms with van der Waals surface area (Å²) in [6.45, 7) is 3.37. The molecule has 112 valence electrons. The van der Waals surface area contributed by atoms with E-state index < -0.39 is 12.0 Å². The maximum atomic E-state index is 12.2. The van der Waals surface area contributed by atoms with E-state index in [9.17, 15) is 9.59 Å². The van der Waals surface area contributed by atoms with Crippen molar-refractivity contribution in [2.45, 2.75) is 26.3 Å². The van der Waals surface area contributed by atoms with Crippen LogP contribution in [0, 0.1) is 18.8 Å². The molecule has 1 rings (SSSR count). The Kier molecular flexibility index (Phi) is 6.44. The molecule has 2 N–H and O–H groups in total. The second-order valence-electron chi connectivity index (χ2n) is 4.52. The topological polar surface area (TPSA) is 75.6 Å². The van der Waals surface area contributed by atoms with Crippen LogP contribution in [0.25, 0.3) is 0 Å². The van der Waals surface area contributed by atoms with Crippen LogP contribution in [-0.4, -0.2) is 36.7 Å². The van der Waals surface area contributed by atoms with E-state index in [4.69, 9.17) is 5.11 Å². The van der Waals surface area contributed by atoms with Gasteiger partial charge < -0.3 is 15.2 Å². The molecule has 1 atom stereocenters. The number of carbonyl (C=O) groups is 2. The first kappa shape index (κ1) is 16.7. The van der Waals surface area contributed by atoms with Crippen molar-refractivity contribution in [2.75, 3.05) is 13.7 Å². The number of aliphatic hydroxyl groups is 1. The summed E-state index contributed by atoms with van der Waals surface area (Å²) >= 11 is 0. The molecule has 0 heterocycles. The Bertz CT molecular complexity index is 584. The summed E-state index contributed by atoms with van der Waals surface area (Å²) in [5, 5.41) is 11.3. The molecule has 21 heavy (non-hydrogen) atoms. The summed E-state index contributed by atoms with van der Waals surface area (Å²) in [4.78, 5) is 23.5. The fraction of sp³-hybridized carbons (Fsp3) is 0.375. The molecular formula is C16H19NO4. The Balaban J connectivity index is 2.91. The molecule has 0 aliphatic heterocycles. The van der Waals surface area contributed by atoms with Gasteiger partial charge in [0.25, 0.3) is 5.91 Å². The fourth-order valence-electron chi connectivity index (χ4n) is 1.67. The van der Waals surface area contributed by atoms with E-state index in [1.165, 1.54) is 7.11 Å². The largest absolute Gasteiger partial charge is 0.467 e. The van der Waals surface area contributed by atoms with Crippen molar-refractivity contribution in [3.63, 3.8) is 0 Å². The molecule has 1 aromatic rings. The number of carbonyl (C=O) groups excluding carboxylic acids is 2. The van der Waals surface area contributed by atoms with Gasteiger partial charge in [-0.2, -0.15) is 0 Å². The maximum Gasteiger partial charge on any atom is 0.328 e. The Morgan fingerprint density at radius 2 is 2.14 bits per heavy atom. The Labute approximate surface area is 124 Å². The lowest BCUT2D eigenvalue weighted by Gasteiger charge is -2.13. The van der Waals surface area contributed by atoms with Gasteiger partial charge in [-0.05, 0) is 31.5 Å². The van der Waals surface area contributed by atoms with E-state index in [1.54, 1.807) is 25.1 Å². The number of amides is 1. The molecule has 0 fully saturated rings. The van der Waals surface area contributed by atoms with Crippen LogP contribution in [0.4, 0.5) is 0 Å². The second kappa shape index (κ2) is 8.08. The molecule has 1 aromatic carbocycles. The summed E-state index contributed by atoms with van der Waals surface area (Å²) in [6.07, 6.45) is 0.384. The molecule has 0 radical (unpaired) electrons. The number of ether oxygens (including phenoxy) is 1. The summed E-state index contributed by atoms with van der Waals surface area (Å²) in [5.74, 6) is 4.82. The molecule has 5 nitrogen and oxygen atoms in total. The highest BCUT2D eigenvalue weighted by Gasteiger charge is 2.18. The van der Waals surface area contributed by atoms with Gasteiger partial charge in [0.15, 0.2) is 0 Å². The van der Waals surface area contributed by atoms with Crippen LogP contribution in [0.2, 0.25) is 0 Å². The molecule has 0 bridgehead atoms. The lowest BCUT2D eigenvalue weighted by Crippen LogP contribution is -2.39. The number of nitrogens with one attached hydrogen (secondary N) is 1. The smallest absolute Gasteiger partial charge is 0.328 e. The molecule has 0 aliphatic rings. The third kappa shape index (κ3) is 4.93. The number of benzene rings is 1. The van der Waals surface area contributed by atoms with Gasteiger partial charge >= 0.3 is 5.97 Å². The van der Waals surface area contributed by atoms with Gasteiger partial charge in [-0.3, -0.25) is 4.79 Å². The normalized spacial score (nSPS) is 11.0. The Morgan fingerprint density at radius 3 is 2.76 bits per heavy atom. The third-order valence-corrected chi connectivity index (χ3v) is 2.85. The number of rotatable bonds is 4. The summed E-state index contributed by atoms with van der Waals surface area (Å²) < 4.78 is 4.57. The average Bonchev–Trinajstić information content (AvgIpc) is 2.48. The van der Waals surface area contributed by atoms with Gasteiger partial charge in [0.05, 0.1) is 13.7 Å². The highest BCUT2D eigenvalue weighted by Crippen LogP contribution is 2.11. The number of methoxy groups -OCH3 is 1. The second-order valence-corrected chi connectivity index (χ2v) is 4.52. The molecule has 0 saturated heterocycles. The predicted octanol–water partition coefficient (Wildman–Crippen LogP) is 1.02. The van der Waals surface area contributed by atoms with Gasteiger partial charge in [0.2, 0.25) is 0 Å². The van der Waals surface area contributed by atoms with Crippen LogP contribution in [0.15, 0.2) is 18.2 Å². The first-order chi connectivity index (χ1) is 9.99. The van der Waals surface area contributed by atoms with Crippen molar-refractivity contribution < 1.29 is 19.4 Å². The number of aliphatic hydroxyl groups excluding tert-OH is 1. The summed E-state index contributed by atoms with van der Waals surface area (Å²) in [7, 11) is 1.27. The van der Waals surface area contributed by atoms with Crippen molar-refractivity contribution in [3.8, 4) is 11.8 Å². The van der Waals surface area contributed by atoms with E-state index in [-0.39, 0.29) is 12.5 Å².